The topological polar surface area (TPSA) is 66.5 Å². The lowest BCUT2D eigenvalue weighted by molar-refractivity contribution is -0.137. The van der Waals surface area contributed by atoms with Gasteiger partial charge < -0.3 is 23.7 Å². The summed E-state index contributed by atoms with van der Waals surface area (Å²) < 4.78 is 26.8. The van der Waals surface area contributed by atoms with Gasteiger partial charge in [0, 0.05) is 12.5 Å². The summed E-state index contributed by atoms with van der Waals surface area (Å²) in [5, 5.41) is 0. The minimum absolute atomic E-state index is 0.146. The van der Waals surface area contributed by atoms with Crippen molar-refractivity contribution in [2.45, 2.75) is 18.6 Å². The van der Waals surface area contributed by atoms with E-state index < -0.39 is 0 Å². The van der Waals surface area contributed by atoms with Crippen molar-refractivity contribution in [3.63, 3.8) is 0 Å². The van der Waals surface area contributed by atoms with Gasteiger partial charge in [0.15, 0.2) is 0 Å². The Hall–Kier alpha value is -2.83. The van der Waals surface area contributed by atoms with Gasteiger partial charge in [0.25, 0.3) is 0 Å². The fraction of sp³-hybridized carbons (Fsp3) is 0.348. The van der Waals surface area contributed by atoms with Crippen molar-refractivity contribution < 1.29 is 28.5 Å². The van der Waals surface area contributed by atoms with Gasteiger partial charge >= 0.3 is 5.97 Å². The Morgan fingerprint density at radius 1 is 1.00 bits per heavy atom. The molecule has 2 fully saturated rings. The molecule has 1 unspecified atom stereocenters. The van der Waals surface area contributed by atoms with E-state index in [0.29, 0.717) is 32.8 Å². The number of rotatable bonds is 10. The molecular formula is C23H24O6. The third-order valence-corrected chi connectivity index (χ3v) is 4.60. The summed E-state index contributed by atoms with van der Waals surface area (Å²) in [6, 6.07) is 15.4. The van der Waals surface area contributed by atoms with Crippen molar-refractivity contribution in [1.82, 2.24) is 0 Å². The lowest BCUT2D eigenvalue weighted by atomic mass is 10.1. The molecule has 2 aliphatic heterocycles. The monoisotopic (exact) mass is 396 g/mol. The van der Waals surface area contributed by atoms with Gasteiger partial charge in [0.05, 0.1) is 26.4 Å². The molecule has 6 heteroatoms. The van der Waals surface area contributed by atoms with Crippen LogP contribution in [0.2, 0.25) is 0 Å². The van der Waals surface area contributed by atoms with Gasteiger partial charge in [0.1, 0.15) is 30.3 Å². The minimum atomic E-state index is -0.360. The summed E-state index contributed by atoms with van der Waals surface area (Å²) >= 11 is 0. The Balaban J connectivity index is 1.15. The highest BCUT2D eigenvalue weighted by molar-refractivity contribution is 5.87. The van der Waals surface area contributed by atoms with Crippen LogP contribution >= 0.6 is 0 Å². The molecule has 0 radical (unpaired) electrons. The van der Waals surface area contributed by atoms with E-state index in [4.69, 9.17) is 23.7 Å². The first-order valence-corrected chi connectivity index (χ1v) is 9.77. The van der Waals surface area contributed by atoms with E-state index in [1.165, 1.54) is 6.08 Å². The molecule has 152 valence electrons. The van der Waals surface area contributed by atoms with Gasteiger partial charge in [-0.3, -0.25) is 0 Å². The maximum Gasteiger partial charge on any atom is 0.330 e. The largest absolute Gasteiger partial charge is 0.491 e. The number of epoxide rings is 1. The lowest BCUT2D eigenvalue weighted by Gasteiger charge is -2.26. The number of benzene rings is 2. The molecule has 4 rings (SSSR count). The van der Waals surface area contributed by atoms with Crippen molar-refractivity contribution in [2.75, 3.05) is 33.0 Å². The summed E-state index contributed by atoms with van der Waals surface area (Å²) in [5.41, 5.74) is 2.00. The summed E-state index contributed by atoms with van der Waals surface area (Å²) in [4.78, 5) is 11.9. The smallest absolute Gasteiger partial charge is 0.330 e. The molecule has 0 spiro atoms. The Morgan fingerprint density at radius 2 is 1.72 bits per heavy atom. The van der Waals surface area contributed by atoms with Crippen LogP contribution in [0.15, 0.2) is 54.6 Å². The van der Waals surface area contributed by atoms with E-state index in [1.54, 1.807) is 6.08 Å². The first-order valence-electron chi connectivity index (χ1n) is 9.77. The molecule has 2 saturated heterocycles. The maximum atomic E-state index is 11.9. The zero-order valence-electron chi connectivity index (χ0n) is 16.1. The highest BCUT2D eigenvalue weighted by Crippen LogP contribution is 2.18. The number of hydrogen-bond donors (Lipinski definition) is 0. The molecule has 2 heterocycles. The summed E-state index contributed by atoms with van der Waals surface area (Å²) in [5.74, 6) is 1.26. The van der Waals surface area contributed by atoms with E-state index in [0.717, 1.165) is 29.2 Å². The first kappa shape index (κ1) is 19.5. The van der Waals surface area contributed by atoms with Crippen molar-refractivity contribution in [1.29, 1.82) is 0 Å². The molecule has 0 aliphatic carbocycles. The molecule has 2 aromatic rings. The average molecular weight is 396 g/mol. The molecule has 0 aromatic heterocycles. The molecule has 2 aromatic carbocycles. The van der Waals surface area contributed by atoms with E-state index >= 15 is 0 Å². The minimum Gasteiger partial charge on any atom is -0.491 e. The fourth-order valence-electron chi connectivity index (χ4n) is 2.72. The molecule has 0 saturated carbocycles. The SMILES string of the molecule is O=C(/C=C/c1ccc(OC2COC2)cc1)OCCc1ccc(OCC2CO2)cc1. The van der Waals surface area contributed by atoms with Crippen LogP contribution in [0, 0.1) is 0 Å². The Kier molecular flexibility index (Phi) is 6.44. The van der Waals surface area contributed by atoms with Crippen LogP contribution < -0.4 is 9.47 Å². The number of esters is 1. The van der Waals surface area contributed by atoms with Gasteiger partial charge in [-0.05, 0) is 41.5 Å². The molecule has 1 atom stereocenters. The molecule has 0 N–H and O–H groups in total. The third-order valence-electron chi connectivity index (χ3n) is 4.60. The van der Waals surface area contributed by atoms with Gasteiger partial charge in [-0.2, -0.15) is 0 Å². The van der Waals surface area contributed by atoms with Crippen LogP contribution in [0.5, 0.6) is 11.5 Å². The van der Waals surface area contributed by atoms with Gasteiger partial charge in [-0.25, -0.2) is 4.79 Å². The summed E-state index contributed by atoms with van der Waals surface area (Å²) in [6.45, 7) is 2.99. The molecular weight excluding hydrogens is 372 g/mol. The predicted molar refractivity (Wildman–Crippen MR) is 107 cm³/mol. The summed E-state index contributed by atoms with van der Waals surface area (Å²) in [6.07, 6.45) is 4.21. The third kappa shape index (κ3) is 6.34. The van der Waals surface area contributed by atoms with Crippen LogP contribution in [0.4, 0.5) is 0 Å². The van der Waals surface area contributed by atoms with Crippen LogP contribution in [0.1, 0.15) is 11.1 Å². The van der Waals surface area contributed by atoms with Gasteiger partial charge in [-0.1, -0.05) is 24.3 Å². The second-order valence-corrected chi connectivity index (χ2v) is 7.01. The Labute approximate surface area is 170 Å². The summed E-state index contributed by atoms with van der Waals surface area (Å²) in [7, 11) is 0. The Morgan fingerprint density at radius 3 is 2.38 bits per heavy atom. The highest BCUT2D eigenvalue weighted by atomic mass is 16.6. The van der Waals surface area contributed by atoms with Crippen LogP contribution in [0.25, 0.3) is 6.08 Å². The molecule has 2 aliphatic rings. The zero-order chi connectivity index (χ0) is 19.9. The fourth-order valence-corrected chi connectivity index (χ4v) is 2.72. The van der Waals surface area contributed by atoms with E-state index in [2.05, 4.69) is 0 Å². The number of hydrogen-bond acceptors (Lipinski definition) is 6. The molecule has 0 bridgehead atoms. The number of carbonyl (C=O) groups is 1. The molecule has 29 heavy (non-hydrogen) atoms. The van der Waals surface area contributed by atoms with E-state index in [9.17, 15) is 4.79 Å². The zero-order valence-corrected chi connectivity index (χ0v) is 16.1. The normalized spacial score (nSPS) is 18.3. The number of carbonyl (C=O) groups excluding carboxylic acids is 1. The molecule has 0 amide bonds. The lowest BCUT2D eigenvalue weighted by Crippen LogP contribution is -2.38. The van der Waals surface area contributed by atoms with Crippen LogP contribution in [0.3, 0.4) is 0 Å². The predicted octanol–water partition coefficient (Wildman–Crippen LogP) is 3.04. The maximum absolute atomic E-state index is 11.9. The quantitative estimate of drug-likeness (QED) is 0.349. The second kappa shape index (κ2) is 9.58. The van der Waals surface area contributed by atoms with E-state index in [-0.39, 0.29) is 18.2 Å². The van der Waals surface area contributed by atoms with Crippen LogP contribution in [-0.2, 0) is 25.4 Å². The Bertz CT molecular complexity index is 819. The molecule has 6 nitrogen and oxygen atoms in total. The average Bonchev–Trinajstić information content (AvgIpc) is 3.54. The van der Waals surface area contributed by atoms with Crippen molar-refractivity contribution in [3.8, 4) is 11.5 Å². The van der Waals surface area contributed by atoms with Gasteiger partial charge in [0.2, 0.25) is 0 Å². The van der Waals surface area contributed by atoms with Crippen molar-refractivity contribution in [2.24, 2.45) is 0 Å². The van der Waals surface area contributed by atoms with E-state index in [1.807, 2.05) is 48.5 Å². The van der Waals surface area contributed by atoms with Gasteiger partial charge in [-0.15, -0.1) is 0 Å². The second-order valence-electron chi connectivity index (χ2n) is 7.01. The first-order chi connectivity index (χ1) is 14.2. The van der Waals surface area contributed by atoms with Crippen LogP contribution in [-0.4, -0.2) is 51.2 Å². The standard InChI is InChI=1S/C23H24O6/c24-23(10-5-17-3-8-20(9-4-17)29-22-13-25-14-22)26-12-11-18-1-6-19(7-2-18)27-15-21-16-28-21/h1-10,21-22H,11-16H2/b10-5+. The van der Waals surface area contributed by atoms with Crippen molar-refractivity contribution >= 4 is 12.0 Å². The van der Waals surface area contributed by atoms with Crippen molar-refractivity contribution in [3.05, 3.63) is 65.7 Å². The highest BCUT2D eigenvalue weighted by Gasteiger charge is 2.23. The number of ether oxygens (including phenoxy) is 5.